The number of aromatic nitrogens is 2. The number of likely N-dealkylation sites (tertiary alicyclic amines) is 6. The maximum Gasteiger partial charge on any atom is 0.410 e. The van der Waals surface area contributed by atoms with Crippen LogP contribution in [-0.2, 0) is 66.7 Å². The van der Waals surface area contributed by atoms with Gasteiger partial charge in [0.25, 0.3) is 0 Å². The van der Waals surface area contributed by atoms with Crippen LogP contribution in [0.3, 0.4) is 0 Å². The Kier molecular flexibility index (Phi) is 60.5. The predicted molar refractivity (Wildman–Crippen MR) is 531 cm³/mol. The van der Waals surface area contributed by atoms with E-state index in [4.69, 9.17) is 56.0 Å². The number of hydrogen-bond acceptors (Lipinski definition) is 25. The summed E-state index contributed by atoms with van der Waals surface area (Å²) in [7, 11) is 4.18. The van der Waals surface area contributed by atoms with Crippen molar-refractivity contribution in [2.75, 3.05) is 117 Å². The number of hydrogen-bond donors (Lipinski definition) is 4. The smallest absolute Gasteiger partial charge is 0.410 e. The Labute approximate surface area is 828 Å². The van der Waals surface area contributed by atoms with Crippen molar-refractivity contribution in [3.05, 3.63) is 59.2 Å². The summed E-state index contributed by atoms with van der Waals surface area (Å²) in [6.45, 7) is 56.3. The molecule has 0 aromatic carbocycles. The van der Waals surface area contributed by atoms with Crippen LogP contribution in [0.4, 0.5) is 24.0 Å². The van der Waals surface area contributed by atoms with Gasteiger partial charge in [0.1, 0.15) is 33.8 Å². The first-order valence-corrected chi connectivity index (χ1v) is 50.3. The number of alkyl halides is 2. The van der Waals surface area contributed by atoms with Gasteiger partial charge in [-0.05, 0) is 278 Å². The van der Waals surface area contributed by atoms with Gasteiger partial charge in [-0.25, -0.2) is 33.6 Å². The molecule has 2 aromatic rings. The van der Waals surface area contributed by atoms with Gasteiger partial charge in [-0.2, -0.15) is 0 Å². The van der Waals surface area contributed by atoms with E-state index in [-0.39, 0.29) is 107 Å². The molecule has 9 heterocycles. The molecule has 2 aromatic heterocycles. The number of aryl methyl sites for hydroxylation is 2. The maximum absolute atomic E-state index is 12.2. The average Bonchev–Trinajstić information content (AvgIpc) is 0.798. The Balaban J connectivity index is 0.00000152. The van der Waals surface area contributed by atoms with E-state index in [1.807, 2.05) is 123 Å². The van der Waals surface area contributed by atoms with Crippen molar-refractivity contribution in [2.45, 2.75) is 316 Å². The summed E-state index contributed by atoms with van der Waals surface area (Å²) in [4.78, 5) is 167. The molecule has 135 heavy (non-hydrogen) atoms. The lowest BCUT2D eigenvalue weighted by atomic mass is 9.83. The minimum Gasteiger partial charge on any atom is -0.481 e. The second-order valence-corrected chi connectivity index (χ2v) is 42.2. The van der Waals surface area contributed by atoms with Crippen molar-refractivity contribution in [1.82, 2.24) is 44.7 Å². The first-order valence-electron chi connectivity index (χ1n) is 47.7. The molecule has 0 radical (unpaired) electrons. The third-order valence-corrected chi connectivity index (χ3v) is 24.2. The van der Waals surface area contributed by atoms with Crippen molar-refractivity contribution >= 4 is 121 Å². The molecule has 774 valence electrons. The van der Waals surface area contributed by atoms with E-state index in [2.05, 4.69) is 84.3 Å². The van der Waals surface area contributed by atoms with Crippen LogP contribution in [-0.4, -0.2) is 284 Å². The Morgan fingerprint density at radius 2 is 0.852 bits per heavy atom. The highest BCUT2D eigenvalue weighted by atomic mass is 79.9. The molecule has 0 aliphatic carbocycles. The lowest BCUT2D eigenvalue weighted by Crippen LogP contribution is -2.56. The fourth-order valence-corrected chi connectivity index (χ4v) is 15.6. The zero-order chi connectivity index (χ0) is 104. The number of nitrogens with zero attached hydrogens (tertiary/aromatic N) is 8. The molecule has 33 nitrogen and oxygen atoms in total. The summed E-state index contributed by atoms with van der Waals surface area (Å²) in [5, 5.41) is 22.4. The van der Waals surface area contributed by atoms with E-state index in [0.717, 1.165) is 125 Å². The van der Waals surface area contributed by atoms with Gasteiger partial charge in [0, 0.05) is 146 Å². The van der Waals surface area contributed by atoms with Crippen molar-refractivity contribution in [2.24, 2.45) is 64.9 Å². The molecule has 7 saturated heterocycles. The molecule has 7 aliphatic heterocycles. The minimum atomic E-state index is -0.925. The average molecular weight is 2060 g/mol. The van der Waals surface area contributed by atoms with Crippen LogP contribution in [0.25, 0.3) is 0 Å². The lowest BCUT2D eigenvalue weighted by molar-refractivity contribution is -0.149. The van der Waals surface area contributed by atoms with Crippen molar-refractivity contribution < 1.29 is 110 Å². The van der Waals surface area contributed by atoms with E-state index < -0.39 is 52.0 Å². The van der Waals surface area contributed by atoms with Gasteiger partial charge < -0.3 is 88.6 Å². The highest BCUT2D eigenvalue weighted by Crippen LogP contribution is 2.32. The number of carboxylic acid groups (broad SMARTS) is 2. The van der Waals surface area contributed by atoms with Crippen LogP contribution in [0, 0.1) is 73.0 Å². The second kappa shape index (κ2) is 64.3. The Bertz CT molecular complexity index is 3930. The van der Waals surface area contributed by atoms with Crippen molar-refractivity contribution in [3.8, 4) is 0 Å². The Morgan fingerprint density at radius 3 is 1.23 bits per heavy atom. The molecule has 4 unspecified atom stereocenters. The van der Waals surface area contributed by atoms with E-state index in [1.165, 1.54) is 38.6 Å². The number of rotatable bonds is 16. The number of carboxylic acids is 2. The summed E-state index contributed by atoms with van der Waals surface area (Å²) >= 11 is 11.7. The number of methoxy groups -OCH3 is 3. The van der Waals surface area contributed by atoms with E-state index in [0.29, 0.717) is 113 Å². The number of nitrogens with one attached hydrogen (secondary N) is 1. The fourth-order valence-electron chi connectivity index (χ4n) is 14.6. The molecule has 0 spiro atoms. The highest BCUT2D eigenvalue weighted by Gasteiger charge is 2.41. The number of piperidine rings is 7. The SMILES string of the molecule is CC.COC(=O)C1CN(C(=O)OC(C)(C)C)CCC1C.COC(=O)C1CNCCC1C.COC(=O)c1cnccc1C.C[C@H]1CCN(C(=O)OC(C)(C)C)C[C@@H]1C(=O)O.C[C@H]1CCN(C(=O)OC(C)(C)C)C[C@@H]1CC(=O)CCCCBr.C[C@H]1CCN(C(=O)OC(C)(C)C)C[C@@H]1N.C[C@H]1CCN(C(=O)OC(C)(C)C)C[C@@H]1N1CCCCC1=O.Cc1ccncc1C(=O)O.O=C(Cl)CCCCBr. The van der Waals surface area contributed by atoms with Gasteiger partial charge in [-0.15, -0.1) is 0 Å². The van der Waals surface area contributed by atoms with Gasteiger partial charge in [0.15, 0.2) is 0 Å². The number of Topliss-reactive ketones (excluding diaryl/α,β-unsaturated/α-hetero) is 1. The molecular weight excluding hydrogens is 1890 g/mol. The molecule has 36 heteroatoms. The topological polar surface area (TPSA) is 419 Å². The van der Waals surface area contributed by atoms with Gasteiger partial charge in [-0.3, -0.25) is 38.7 Å². The third kappa shape index (κ3) is 53.7. The summed E-state index contributed by atoms with van der Waals surface area (Å²) in [6, 6.07) is 3.65. The van der Waals surface area contributed by atoms with E-state index in [1.54, 1.807) is 71.8 Å². The van der Waals surface area contributed by atoms with Crippen LogP contribution >= 0.6 is 43.5 Å². The number of nitrogens with two attached hydrogens (primary N) is 1. The minimum absolute atomic E-state index is 0.0637. The first-order chi connectivity index (χ1) is 62.7. The quantitative estimate of drug-likeness (QED) is 0.0399. The van der Waals surface area contributed by atoms with E-state index in [9.17, 15) is 62.3 Å². The molecule has 6 amide bonds. The van der Waals surface area contributed by atoms with Gasteiger partial charge >= 0.3 is 60.3 Å². The predicted octanol–water partition coefficient (Wildman–Crippen LogP) is 18.7. The third-order valence-electron chi connectivity index (χ3n) is 22.9. The van der Waals surface area contributed by atoms with E-state index >= 15 is 0 Å². The molecule has 9 rings (SSSR count). The molecule has 12 atom stereocenters. The normalized spacial score (nSPS) is 22.1. The molecule has 5 N–H and O–H groups in total. The number of unbranched alkanes of at least 4 members (excludes halogenated alkanes) is 2. The number of esters is 3. The molecular formula is C99H169Br2ClN10O23. The first kappa shape index (κ1) is 127. The van der Waals surface area contributed by atoms with Crippen LogP contribution in [0.5, 0.6) is 0 Å². The second-order valence-electron chi connectivity index (χ2n) is 40.2. The largest absolute Gasteiger partial charge is 0.481 e. The maximum atomic E-state index is 12.2. The molecule has 7 aliphatic rings. The van der Waals surface area contributed by atoms with Gasteiger partial charge in [-0.1, -0.05) is 87.2 Å². The number of aliphatic carboxylic acids is 1. The number of aromatic carboxylic acids is 1. The summed E-state index contributed by atoms with van der Waals surface area (Å²) in [5.41, 5.74) is 5.90. The lowest BCUT2D eigenvalue weighted by Gasteiger charge is -2.44. The number of ether oxygens (including phenoxy) is 8. The van der Waals surface area contributed by atoms with Crippen LogP contribution in [0.2, 0.25) is 0 Å². The zero-order valence-electron chi connectivity index (χ0n) is 86.6. The molecule has 0 bridgehead atoms. The number of carbonyl (C=O) groups is 13. The number of carbonyl (C=O) groups excluding carboxylic acids is 11. The van der Waals surface area contributed by atoms with Crippen LogP contribution in [0.15, 0.2) is 36.9 Å². The van der Waals surface area contributed by atoms with Crippen LogP contribution < -0.4 is 11.1 Å². The van der Waals surface area contributed by atoms with Crippen molar-refractivity contribution in [3.63, 3.8) is 0 Å². The molecule has 0 saturated carbocycles. The number of halogens is 3. The zero-order valence-corrected chi connectivity index (χ0v) is 90.5. The Hall–Kier alpha value is -8.02. The van der Waals surface area contributed by atoms with Gasteiger partial charge in [0.2, 0.25) is 11.1 Å². The molecule has 7 fully saturated rings. The number of pyridine rings is 2. The monoisotopic (exact) mass is 2060 g/mol. The number of ketones is 1. The summed E-state index contributed by atoms with van der Waals surface area (Å²) in [6.07, 6.45) is 18.3. The summed E-state index contributed by atoms with van der Waals surface area (Å²) in [5.74, 6) is -0.0846. The number of amides is 6. The van der Waals surface area contributed by atoms with Gasteiger partial charge in [0.05, 0.1) is 56.3 Å². The standard InChI is InChI=1S/C17H30BrNO3.C16H28N2O3.C13H23NO4.C12H21NO4.C11H22N2O2.C8H15NO2.C8H9NO2.C7H7NO2.C5H8BrClO.C2H6/c1-13-8-10-19(16(21)22-17(2,3)4)12-14(13)11-15(20)7-5-6-9-18;1-12-8-10-17(15(20)21-16(2,3)4)11-13(12)18-9-6-5-7-14(18)19;1-9-6-7-14(8-10(9)11(15)17-5)12(16)18-13(2,3)4;1-8-5-6-13(7-9(8)10(14)15)11(16)17-12(2,3)4;1-8-5-6-13(7-9(8)12)10(14)15-11(2,3)4;2*1-6-3-4-9-5-7(6)8(10)11-2;1-5-2-3-8-4-6(5)7(9)10;6-4-2-1-3-5(7)8;1-2/h13-14H,5-12H2,1-4H3;12-13H,5-11H2,1-4H3;9-10H,6-8H2,1-5H3;8-9H,5-7H2,1-4H3,(H,14,15);8-9H,5-7,12H2,1-4H3;6-7,9H,3-5H2,1-2H3;3-5H,1-2H3;2-4H,1H3,(H,9,10);1-4H2;1-2H3/t13-,14-;12-,13-;;2*8-,9-;;;;;/m00.00...../s1. The van der Waals surface area contributed by atoms with Crippen LogP contribution in [0.1, 0.15) is 294 Å². The highest BCUT2D eigenvalue weighted by molar-refractivity contribution is 9.09. The summed E-state index contributed by atoms with van der Waals surface area (Å²) < 4.78 is 40.7. The Morgan fingerprint density at radius 1 is 0.474 bits per heavy atom. The fraction of sp³-hybridized carbons (Fsp3) is 0.768. The van der Waals surface area contributed by atoms with Crippen molar-refractivity contribution in [1.29, 1.82) is 0 Å².